The standard InChI is InChI=1S/C18H19N3O5S2/c1-13-2-4-14(5-3-13)18-19-16-7-6-15(12-17(16)27(22,23)20-18)28(24,25)21-8-10-26-11-9-21/h2-7,12H,8-11H2,1H3,(H,19,20). The Kier molecular flexibility index (Phi) is 4.74. The third-order valence-corrected chi connectivity index (χ3v) is 7.84. The second kappa shape index (κ2) is 6.96. The van der Waals surface area contributed by atoms with Crippen molar-refractivity contribution in [1.82, 2.24) is 4.31 Å². The summed E-state index contributed by atoms with van der Waals surface area (Å²) in [5.74, 6) is 0.205. The van der Waals surface area contributed by atoms with Gasteiger partial charge in [-0.1, -0.05) is 29.8 Å². The first kappa shape index (κ1) is 19.1. The second-order valence-corrected chi connectivity index (χ2v) is 10.1. The van der Waals surface area contributed by atoms with E-state index in [4.69, 9.17) is 4.74 Å². The highest BCUT2D eigenvalue weighted by Crippen LogP contribution is 2.32. The highest BCUT2D eigenvalue weighted by Gasteiger charge is 2.31. The normalized spacial score (nSPS) is 19.4. The van der Waals surface area contributed by atoms with E-state index >= 15 is 0 Å². The number of aryl methyl sites for hydroxylation is 1. The largest absolute Gasteiger partial charge is 0.379 e. The zero-order chi connectivity index (χ0) is 19.9. The molecule has 10 heteroatoms. The number of sulfonamides is 2. The van der Waals surface area contributed by atoms with Crippen molar-refractivity contribution in [3.05, 3.63) is 53.6 Å². The Labute approximate surface area is 164 Å². The number of morpholine rings is 1. The lowest BCUT2D eigenvalue weighted by molar-refractivity contribution is 0.0730. The number of ether oxygens (including phenoxy) is 1. The molecule has 0 amide bonds. The molecule has 1 saturated heterocycles. The fraction of sp³-hybridized carbons (Fsp3) is 0.278. The van der Waals surface area contributed by atoms with Gasteiger partial charge in [-0.2, -0.15) is 12.7 Å². The van der Waals surface area contributed by atoms with Crippen molar-refractivity contribution < 1.29 is 21.6 Å². The van der Waals surface area contributed by atoms with E-state index < -0.39 is 20.0 Å². The van der Waals surface area contributed by atoms with E-state index in [1.807, 2.05) is 19.1 Å². The minimum absolute atomic E-state index is 0.0764. The van der Waals surface area contributed by atoms with Crippen LogP contribution >= 0.6 is 0 Å². The summed E-state index contributed by atoms with van der Waals surface area (Å²) in [4.78, 5) is -0.231. The number of hydrogen-bond donors (Lipinski definition) is 1. The van der Waals surface area contributed by atoms with E-state index in [1.54, 1.807) is 12.1 Å². The van der Waals surface area contributed by atoms with Crippen LogP contribution in [-0.4, -0.2) is 53.3 Å². The molecule has 148 valence electrons. The molecule has 0 bridgehead atoms. The Hall–Kier alpha value is -2.27. The zero-order valence-corrected chi connectivity index (χ0v) is 16.8. The maximum Gasteiger partial charge on any atom is 0.286 e. The first-order valence-corrected chi connectivity index (χ1v) is 11.6. The van der Waals surface area contributed by atoms with Crippen molar-refractivity contribution in [3.63, 3.8) is 0 Å². The lowest BCUT2D eigenvalue weighted by atomic mass is 10.1. The fourth-order valence-corrected chi connectivity index (χ4v) is 5.74. The highest BCUT2D eigenvalue weighted by atomic mass is 32.2. The summed E-state index contributed by atoms with van der Waals surface area (Å²) < 4.78 is 61.4. The van der Waals surface area contributed by atoms with Gasteiger partial charge in [-0.15, -0.1) is 4.40 Å². The molecular weight excluding hydrogens is 402 g/mol. The minimum Gasteiger partial charge on any atom is -0.379 e. The molecule has 1 N–H and O–H groups in total. The summed E-state index contributed by atoms with van der Waals surface area (Å²) in [6, 6.07) is 11.3. The van der Waals surface area contributed by atoms with Crippen molar-refractivity contribution in [2.24, 2.45) is 4.40 Å². The van der Waals surface area contributed by atoms with Gasteiger partial charge in [0.05, 0.1) is 23.8 Å². The van der Waals surface area contributed by atoms with Crippen molar-refractivity contribution in [1.29, 1.82) is 0 Å². The number of nitrogens with one attached hydrogen (secondary N) is 1. The van der Waals surface area contributed by atoms with Gasteiger partial charge in [0, 0.05) is 18.7 Å². The minimum atomic E-state index is -4.05. The van der Waals surface area contributed by atoms with Crippen LogP contribution in [0.15, 0.2) is 56.7 Å². The topological polar surface area (TPSA) is 105 Å². The van der Waals surface area contributed by atoms with Gasteiger partial charge in [0.15, 0.2) is 5.84 Å². The molecule has 1 fully saturated rings. The van der Waals surface area contributed by atoms with Crippen LogP contribution in [0.2, 0.25) is 0 Å². The quantitative estimate of drug-likeness (QED) is 0.807. The lowest BCUT2D eigenvalue weighted by Crippen LogP contribution is -2.40. The van der Waals surface area contributed by atoms with Gasteiger partial charge >= 0.3 is 0 Å². The first-order valence-electron chi connectivity index (χ1n) is 8.68. The maximum absolute atomic E-state index is 12.8. The molecule has 0 spiro atoms. The number of nitrogens with zero attached hydrogens (tertiary/aromatic N) is 2. The van der Waals surface area contributed by atoms with Crippen LogP contribution in [0.4, 0.5) is 5.69 Å². The van der Waals surface area contributed by atoms with E-state index in [1.165, 1.54) is 16.4 Å². The van der Waals surface area contributed by atoms with E-state index in [-0.39, 0.29) is 28.7 Å². The third kappa shape index (κ3) is 3.44. The Balaban J connectivity index is 1.72. The SMILES string of the molecule is Cc1ccc(C2=NS(=O)(=O)c3cc(S(=O)(=O)N4CCOCC4)ccc3N2)cc1. The molecule has 0 unspecified atom stereocenters. The van der Waals surface area contributed by atoms with Crippen molar-refractivity contribution in [3.8, 4) is 0 Å². The van der Waals surface area contributed by atoms with Crippen LogP contribution in [-0.2, 0) is 24.8 Å². The molecule has 28 heavy (non-hydrogen) atoms. The van der Waals surface area contributed by atoms with E-state index in [2.05, 4.69) is 9.71 Å². The fourth-order valence-electron chi connectivity index (χ4n) is 3.07. The summed E-state index contributed by atoms with van der Waals surface area (Å²) >= 11 is 0. The average Bonchev–Trinajstić information content (AvgIpc) is 2.68. The summed E-state index contributed by atoms with van der Waals surface area (Å²) in [5, 5.41) is 2.99. The summed E-state index contributed by atoms with van der Waals surface area (Å²) in [6.45, 7) is 3.03. The van der Waals surface area contributed by atoms with E-state index in [0.717, 1.165) is 11.6 Å². The van der Waals surface area contributed by atoms with Crippen LogP contribution in [0.3, 0.4) is 0 Å². The summed E-state index contributed by atoms with van der Waals surface area (Å²) in [5.41, 5.74) is 1.97. The molecule has 2 heterocycles. The molecular formula is C18H19N3O5S2. The van der Waals surface area contributed by atoms with Gasteiger partial charge in [0.2, 0.25) is 10.0 Å². The lowest BCUT2D eigenvalue weighted by Gasteiger charge is -2.26. The molecule has 2 aromatic carbocycles. The van der Waals surface area contributed by atoms with Crippen molar-refractivity contribution in [2.75, 3.05) is 31.6 Å². The molecule has 0 atom stereocenters. The number of fused-ring (bicyclic) bond motifs is 1. The van der Waals surface area contributed by atoms with E-state index in [0.29, 0.717) is 24.5 Å². The average molecular weight is 422 g/mol. The van der Waals surface area contributed by atoms with Gasteiger partial charge in [-0.25, -0.2) is 8.42 Å². The zero-order valence-electron chi connectivity index (χ0n) is 15.1. The number of hydrogen-bond acceptors (Lipinski definition) is 6. The Morgan fingerprint density at radius 1 is 1.07 bits per heavy atom. The maximum atomic E-state index is 12.8. The van der Waals surface area contributed by atoms with Crippen molar-refractivity contribution in [2.45, 2.75) is 16.7 Å². The number of rotatable bonds is 3. The molecule has 0 radical (unpaired) electrons. The molecule has 0 saturated carbocycles. The second-order valence-electron chi connectivity index (χ2n) is 6.58. The van der Waals surface area contributed by atoms with Crippen molar-refractivity contribution >= 4 is 31.6 Å². The van der Waals surface area contributed by atoms with Crippen LogP contribution in [0.25, 0.3) is 0 Å². The monoisotopic (exact) mass is 421 g/mol. The number of benzene rings is 2. The van der Waals surface area contributed by atoms with Gasteiger partial charge in [-0.3, -0.25) is 0 Å². The van der Waals surface area contributed by atoms with Crippen LogP contribution in [0.1, 0.15) is 11.1 Å². The highest BCUT2D eigenvalue weighted by molar-refractivity contribution is 7.91. The predicted octanol–water partition coefficient (Wildman–Crippen LogP) is 1.58. The molecule has 0 aliphatic carbocycles. The van der Waals surface area contributed by atoms with Crippen LogP contribution in [0.5, 0.6) is 0 Å². The van der Waals surface area contributed by atoms with E-state index in [9.17, 15) is 16.8 Å². The predicted molar refractivity (Wildman–Crippen MR) is 105 cm³/mol. The molecule has 8 nitrogen and oxygen atoms in total. The molecule has 2 aliphatic heterocycles. The molecule has 2 aliphatic rings. The Bertz CT molecular complexity index is 1150. The number of amidine groups is 1. The first-order chi connectivity index (χ1) is 13.3. The molecule has 2 aromatic rings. The summed E-state index contributed by atoms with van der Waals surface area (Å²) in [6.07, 6.45) is 0. The van der Waals surface area contributed by atoms with Gasteiger partial charge in [0.25, 0.3) is 10.0 Å². The smallest absolute Gasteiger partial charge is 0.286 e. The Morgan fingerprint density at radius 2 is 1.75 bits per heavy atom. The summed E-state index contributed by atoms with van der Waals surface area (Å²) in [7, 11) is -7.85. The molecule has 4 rings (SSSR count). The van der Waals surface area contributed by atoms with Gasteiger partial charge in [-0.05, 0) is 25.1 Å². The van der Waals surface area contributed by atoms with Gasteiger partial charge in [0.1, 0.15) is 4.90 Å². The van der Waals surface area contributed by atoms with Gasteiger partial charge < -0.3 is 10.1 Å². The Morgan fingerprint density at radius 3 is 2.43 bits per heavy atom. The van der Waals surface area contributed by atoms with Crippen LogP contribution in [0, 0.1) is 6.92 Å². The third-order valence-electron chi connectivity index (χ3n) is 4.63. The molecule has 0 aromatic heterocycles. The van der Waals surface area contributed by atoms with Crippen LogP contribution < -0.4 is 5.32 Å². The number of anilines is 1.